The summed E-state index contributed by atoms with van der Waals surface area (Å²) >= 11 is 6.18. The smallest absolute Gasteiger partial charge is 0.273 e. The van der Waals surface area contributed by atoms with Gasteiger partial charge in [0.15, 0.2) is 0 Å². The van der Waals surface area contributed by atoms with Crippen molar-refractivity contribution in [3.05, 3.63) is 64.7 Å². The van der Waals surface area contributed by atoms with Crippen LogP contribution >= 0.6 is 11.6 Å². The van der Waals surface area contributed by atoms with Crippen LogP contribution in [0.1, 0.15) is 18.1 Å². The quantitative estimate of drug-likeness (QED) is 0.728. The second-order valence-corrected chi connectivity index (χ2v) is 6.07. The average molecular weight is 372 g/mol. The van der Waals surface area contributed by atoms with Crippen molar-refractivity contribution in [2.45, 2.75) is 13.5 Å². The first-order chi connectivity index (χ1) is 12.5. The van der Waals surface area contributed by atoms with E-state index < -0.39 is 11.8 Å². The zero-order valence-electron chi connectivity index (χ0n) is 14.5. The number of methoxy groups -OCH3 is 1. The number of ether oxygens (including phenoxy) is 2. The minimum Gasteiger partial charge on any atom is -0.497 e. The molecular formula is C20H18ClNO4. The molecule has 2 amide bonds. The summed E-state index contributed by atoms with van der Waals surface area (Å²) < 4.78 is 10.5. The first-order valence-electron chi connectivity index (χ1n) is 8.17. The summed E-state index contributed by atoms with van der Waals surface area (Å²) in [5.41, 5.74) is 1.62. The predicted octanol–water partition coefficient (Wildman–Crippen LogP) is 3.61. The molecule has 0 atom stereocenters. The first kappa shape index (κ1) is 18.0. The Labute approximate surface area is 156 Å². The van der Waals surface area contributed by atoms with E-state index >= 15 is 0 Å². The van der Waals surface area contributed by atoms with Crippen LogP contribution in [0.4, 0.5) is 0 Å². The van der Waals surface area contributed by atoms with Crippen molar-refractivity contribution in [3.8, 4) is 11.5 Å². The fourth-order valence-electron chi connectivity index (χ4n) is 2.74. The largest absolute Gasteiger partial charge is 0.497 e. The number of nitrogens with zero attached hydrogens (tertiary/aromatic N) is 1. The normalized spacial score (nSPS) is 14.2. The molecule has 3 rings (SSSR count). The topological polar surface area (TPSA) is 55.8 Å². The molecule has 6 heteroatoms. The summed E-state index contributed by atoms with van der Waals surface area (Å²) in [6.07, 6.45) is 0. The maximum atomic E-state index is 12.8. The molecule has 0 radical (unpaired) electrons. The van der Waals surface area contributed by atoms with Gasteiger partial charge in [-0.25, -0.2) is 0 Å². The Hall–Kier alpha value is -2.79. The van der Waals surface area contributed by atoms with Crippen molar-refractivity contribution in [1.82, 2.24) is 4.90 Å². The van der Waals surface area contributed by atoms with Crippen LogP contribution in [-0.2, 0) is 16.1 Å². The molecular weight excluding hydrogens is 354 g/mol. The van der Waals surface area contributed by atoms with Crippen LogP contribution in [0.5, 0.6) is 11.5 Å². The van der Waals surface area contributed by atoms with Gasteiger partial charge in [0.1, 0.15) is 16.5 Å². The zero-order valence-corrected chi connectivity index (χ0v) is 15.2. The van der Waals surface area contributed by atoms with Gasteiger partial charge < -0.3 is 9.47 Å². The summed E-state index contributed by atoms with van der Waals surface area (Å²) in [5, 5.41) is -0.0623. The monoisotopic (exact) mass is 371 g/mol. The van der Waals surface area contributed by atoms with Crippen molar-refractivity contribution in [2.75, 3.05) is 13.7 Å². The summed E-state index contributed by atoms with van der Waals surface area (Å²) in [7, 11) is 1.58. The summed E-state index contributed by atoms with van der Waals surface area (Å²) in [5.74, 6) is 0.509. The summed E-state index contributed by atoms with van der Waals surface area (Å²) in [6.45, 7) is 2.60. The van der Waals surface area contributed by atoms with E-state index in [0.717, 1.165) is 10.5 Å². The Kier molecular flexibility index (Phi) is 5.28. The van der Waals surface area contributed by atoms with Crippen LogP contribution in [0.15, 0.2) is 53.6 Å². The molecule has 0 unspecified atom stereocenters. The second kappa shape index (κ2) is 7.62. The van der Waals surface area contributed by atoms with Crippen molar-refractivity contribution in [1.29, 1.82) is 0 Å². The van der Waals surface area contributed by atoms with Gasteiger partial charge in [0, 0.05) is 0 Å². The number of rotatable bonds is 6. The van der Waals surface area contributed by atoms with Gasteiger partial charge in [0.2, 0.25) is 0 Å². The Morgan fingerprint density at radius 1 is 0.923 bits per heavy atom. The highest BCUT2D eigenvalue weighted by molar-refractivity contribution is 6.55. The number of halogens is 1. The van der Waals surface area contributed by atoms with Gasteiger partial charge in [-0.05, 0) is 42.3 Å². The standard InChI is InChI=1S/C20H18ClNO4/c1-3-26-16-10-6-14(7-11-16)17-18(21)20(24)22(19(17)23)12-13-4-8-15(25-2)9-5-13/h4-11H,3,12H2,1-2H3. The number of hydrogen-bond donors (Lipinski definition) is 0. The molecule has 2 aromatic carbocycles. The van der Waals surface area contributed by atoms with Crippen molar-refractivity contribution in [3.63, 3.8) is 0 Å². The molecule has 0 saturated carbocycles. The molecule has 2 aromatic rings. The van der Waals surface area contributed by atoms with Gasteiger partial charge in [0.05, 0.1) is 25.8 Å². The maximum absolute atomic E-state index is 12.8. The first-order valence-corrected chi connectivity index (χ1v) is 8.55. The molecule has 1 aliphatic rings. The molecule has 134 valence electrons. The van der Waals surface area contributed by atoms with E-state index in [0.29, 0.717) is 23.7 Å². The average Bonchev–Trinajstić information content (AvgIpc) is 2.87. The fraction of sp³-hybridized carbons (Fsp3) is 0.200. The van der Waals surface area contributed by atoms with Crippen LogP contribution in [-0.4, -0.2) is 30.4 Å². The fourth-order valence-corrected chi connectivity index (χ4v) is 3.03. The van der Waals surface area contributed by atoms with E-state index in [1.54, 1.807) is 43.5 Å². The van der Waals surface area contributed by atoms with E-state index in [1.165, 1.54) is 0 Å². The second-order valence-electron chi connectivity index (χ2n) is 5.69. The third-order valence-electron chi connectivity index (χ3n) is 4.07. The molecule has 0 aromatic heterocycles. The highest BCUT2D eigenvalue weighted by atomic mass is 35.5. The summed E-state index contributed by atoms with van der Waals surface area (Å²) in [6, 6.07) is 14.1. The number of amides is 2. The molecule has 0 spiro atoms. The minimum absolute atomic E-state index is 0.0623. The number of carbonyl (C=O) groups is 2. The van der Waals surface area contributed by atoms with Crippen LogP contribution in [0.3, 0.4) is 0 Å². The van der Waals surface area contributed by atoms with Crippen LogP contribution in [0.25, 0.3) is 5.57 Å². The third kappa shape index (κ3) is 3.44. The Morgan fingerprint density at radius 3 is 2.12 bits per heavy atom. The van der Waals surface area contributed by atoms with Crippen molar-refractivity contribution < 1.29 is 19.1 Å². The Balaban J connectivity index is 1.82. The molecule has 1 aliphatic heterocycles. The number of hydrogen-bond acceptors (Lipinski definition) is 4. The van der Waals surface area contributed by atoms with Crippen molar-refractivity contribution >= 4 is 29.0 Å². The lowest BCUT2D eigenvalue weighted by atomic mass is 10.1. The summed E-state index contributed by atoms with van der Waals surface area (Å²) in [4.78, 5) is 26.4. The lowest BCUT2D eigenvalue weighted by Crippen LogP contribution is -2.30. The van der Waals surface area contributed by atoms with E-state index in [2.05, 4.69) is 0 Å². The molecule has 1 heterocycles. The molecule has 26 heavy (non-hydrogen) atoms. The molecule has 0 fully saturated rings. The van der Waals surface area contributed by atoms with Crippen LogP contribution in [0.2, 0.25) is 0 Å². The lowest BCUT2D eigenvalue weighted by molar-refractivity contribution is -0.137. The maximum Gasteiger partial charge on any atom is 0.273 e. The predicted molar refractivity (Wildman–Crippen MR) is 98.9 cm³/mol. The van der Waals surface area contributed by atoms with E-state index in [4.69, 9.17) is 21.1 Å². The van der Waals surface area contributed by atoms with Gasteiger partial charge in [-0.3, -0.25) is 14.5 Å². The van der Waals surface area contributed by atoms with Gasteiger partial charge in [-0.2, -0.15) is 0 Å². The highest BCUT2D eigenvalue weighted by Gasteiger charge is 2.38. The molecule has 0 aliphatic carbocycles. The van der Waals surface area contributed by atoms with E-state index in [1.807, 2.05) is 19.1 Å². The SMILES string of the molecule is CCOc1ccc(C2=C(Cl)C(=O)N(Cc3ccc(OC)cc3)C2=O)cc1. The van der Waals surface area contributed by atoms with Gasteiger partial charge in [-0.1, -0.05) is 35.9 Å². The van der Waals surface area contributed by atoms with Crippen molar-refractivity contribution in [2.24, 2.45) is 0 Å². The van der Waals surface area contributed by atoms with E-state index in [-0.39, 0.29) is 17.2 Å². The highest BCUT2D eigenvalue weighted by Crippen LogP contribution is 2.33. The minimum atomic E-state index is -0.489. The lowest BCUT2D eigenvalue weighted by Gasteiger charge is -2.15. The van der Waals surface area contributed by atoms with Crippen LogP contribution < -0.4 is 9.47 Å². The Bertz CT molecular complexity index is 856. The van der Waals surface area contributed by atoms with E-state index in [9.17, 15) is 9.59 Å². The zero-order chi connectivity index (χ0) is 18.7. The van der Waals surface area contributed by atoms with Gasteiger partial charge in [0.25, 0.3) is 11.8 Å². The number of benzene rings is 2. The number of carbonyl (C=O) groups excluding carboxylic acids is 2. The molecule has 5 nitrogen and oxygen atoms in total. The Morgan fingerprint density at radius 2 is 1.54 bits per heavy atom. The molecule has 0 saturated heterocycles. The van der Waals surface area contributed by atoms with Crippen LogP contribution in [0, 0.1) is 0 Å². The van der Waals surface area contributed by atoms with Gasteiger partial charge in [-0.15, -0.1) is 0 Å². The third-order valence-corrected chi connectivity index (χ3v) is 4.42. The number of imide groups is 1. The van der Waals surface area contributed by atoms with Gasteiger partial charge >= 0.3 is 0 Å². The molecule has 0 bridgehead atoms. The molecule has 0 N–H and O–H groups in total.